The minimum atomic E-state index is -0.387. The Morgan fingerprint density at radius 1 is 1.29 bits per heavy atom. The second-order valence-corrected chi connectivity index (χ2v) is 5.85. The van der Waals surface area contributed by atoms with Gasteiger partial charge in [0.25, 0.3) is 0 Å². The number of nitrogens with zero attached hydrogens (tertiary/aromatic N) is 2. The molecule has 1 N–H and O–H groups in total. The van der Waals surface area contributed by atoms with Gasteiger partial charge < -0.3 is 10.2 Å². The topological polar surface area (TPSA) is 52.7 Å². The van der Waals surface area contributed by atoms with E-state index in [1.807, 2.05) is 18.2 Å². The van der Waals surface area contributed by atoms with Crippen molar-refractivity contribution in [2.75, 3.05) is 18.4 Å². The molecule has 1 unspecified atom stereocenters. The fraction of sp³-hybridized carbons (Fsp3) is 0.467. The Labute approximate surface area is 128 Å². The van der Waals surface area contributed by atoms with E-state index in [-0.39, 0.29) is 17.6 Å². The van der Waals surface area contributed by atoms with E-state index in [1.165, 1.54) is 5.56 Å². The van der Waals surface area contributed by atoms with Crippen molar-refractivity contribution in [1.29, 1.82) is 0 Å². The van der Waals surface area contributed by atoms with Gasteiger partial charge in [0.1, 0.15) is 6.17 Å². The predicted molar refractivity (Wildman–Crippen MR) is 81.3 cm³/mol. The Morgan fingerprint density at radius 2 is 2.00 bits per heavy atom. The third-order valence-electron chi connectivity index (χ3n) is 4.34. The highest BCUT2D eigenvalue weighted by atomic mass is 35.5. The molecule has 2 heterocycles. The number of hydrogen-bond acceptors (Lipinski definition) is 4. The van der Waals surface area contributed by atoms with Crippen LogP contribution in [0.1, 0.15) is 18.4 Å². The molecule has 2 aliphatic heterocycles. The van der Waals surface area contributed by atoms with Crippen LogP contribution in [-0.4, -0.2) is 46.7 Å². The number of carbonyl (C=O) groups excluding carboxylic acids is 2. The summed E-state index contributed by atoms with van der Waals surface area (Å²) in [4.78, 5) is 26.4. The zero-order chi connectivity index (χ0) is 14.8. The maximum atomic E-state index is 11.4. The van der Waals surface area contributed by atoms with Gasteiger partial charge in [-0.3, -0.25) is 14.5 Å². The predicted octanol–water partition coefficient (Wildman–Crippen LogP) is 2.26. The third kappa shape index (κ3) is 2.89. The van der Waals surface area contributed by atoms with Crippen molar-refractivity contribution in [3.05, 3.63) is 29.8 Å². The largest absolute Gasteiger partial charge is 0.363 e. The van der Waals surface area contributed by atoms with Crippen LogP contribution in [0.2, 0.25) is 0 Å². The van der Waals surface area contributed by atoms with Crippen LogP contribution < -0.4 is 5.32 Å². The van der Waals surface area contributed by atoms with Crippen LogP contribution in [0.3, 0.4) is 0 Å². The summed E-state index contributed by atoms with van der Waals surface area (Å²) in [5.41, 5.74) is 2.23. The lowest BCUT2D eigenvalue weighted by molar-refractivity contribution is -0.113. The SMILES string of the molecule is O=CC1Nc2ccccc2CN1C1CCN(C(=O)Cl)CC1. The number of aldehydes is 1. The standard InChI is InChI=1S/C15H18ClN3O2/c16-15(21)18-7-5-12(6-8-18)19-9-11-3-1-2-4-13(11)17-14(19)10-20/h1-4,10,12,14,17H,5-9H2. The number of piperidine rings is 1. The monoisotopic (exact) mass is 307 g/mol. The van der Waals surface area contributed by atoms with Crippen LogP contribution in [0.5, 0.6) is 0 Å². The number of likely N-dealkylation sites (tertiary alicyclic amines) is 1. The number of nitrogens with one attached hydrogen (secondary N) is 1. The Kier molecular flexibility index (Phi) is 4.12. The average molecular weight is 308 g/mol. The summed E-state index contributed by atoms with van der Waals surface area (Å²) in [6.45, 7) is 2.06. The van der Waals surface area contributed by atoms with E-state index in [0.29, 0.717) is 13.1 Å². The molecule has 5 nitrogen and oxygen atoms in total. The van der Waals surface area contributed by atoms with E-state index < -0.39 is 0 Å². The van der Waals surface area contributed by atoms with E-state index in [0.717, 1.165) is 31.4 Å². The first-order chi connectivity index (χ1) is 10.2. The van der Waals surface area contributed by atoms with Gasteiger partial charge in [0.2, 0.25) is 0 Å². The summed E-state index contributed by atoms with van der Waals surface area (Å²) in [6, 6.07) is 8.34. The quantitative estimate of drug-likeness (QED) is 0.517. The summed E-state index contributed by atoms with van der Waals surface area (Å²) < 4.78 is 0. The van der Waals surface area contributed by atoms with Gasteiger partial charge >= 0.3 is 5.37 Å². The number of rotatable bonds is 2. The molecule has 0 bridgehead atoms. The fourth-order valence-corrected chi connectivity index (χ4v) is 3.35. The van der Waals surface area contributed by atoms with Gasteiger partial charge in [0.05, 0.1) is 0 Å². The lowest BCUT2D eigenvalue weighted by atomic mass is 9.99. The molecule has 1 fully saturated rings. The van der Waals surface area contributed by atoms with Crippen LogP contribution in [0.15, 0.2) is 24.3 Å². The molecule has 1 atom stereocenters. The molecule has 3 rings (SSSR count). The highest BCUT2D eigenvalue weighted by Gasteiger charge is 2.33. The molecule has 6 heteroatoms. The summed E-state index contributed by atoms with van der Waals surface area (Å²) in [6.07, 6.45) is 2.33. The first kappa shape index (κ1) is 14.4. The fourth-order valence-electron chi connectivity index (χ4n) is 3.18. The first-order valence-corrected chi connectivity index (χ1v) is 7.56. The van der Waals surface area contributed by atoms with Crippen LogP contribution in [0, 0.1) is 0 Å². The van der Waals surface area contributed by atoms with Gasteiger partial charge in [-0.2, -0.15) is 0 Å². The van der Waals surface area contributed by atoms with Crippen LogP contribution in [-0.2, 0) is 11.3 Å². The maximum Gasteiger partial charge on any atom is 0.316 e. The van der Waals surface area contributed by atoms with E-state index in [4.69, 9.17) is 11.6 Å². The van der Waals surface area contributed by atoms with Crippen molar-refractivity contribution in [3.8, 4) is 0 Å². The minimum absolute atomic E-state index is 0.285. The second kappa shape index (κ2) is 6.03. The molecule has 0 spiro atoms. The highest BCUT2D eigenvalue weighted by Crippen LogP contribution is 2.29. The van der Waals surface area contributed by atoms with Crippen LogP contribution in [0.25, 0.3) is 0 Å². The first-order valence-electron chi connectivity index (χ1n) is 7.19. The lowest BCUT2D eigenvalue weighted by Crippen LogP contribution is -2.53. The molecule has 1 saturated heterocycles. The molecular weight excluding hydrogens is 290 g/mol. The zero-order valence-corrected chi connectivity index (χ0v) is 12.4. The number of para-hydroxylation sites is 1. The average Bonchev–Trinajstić information content (AvgIpc) is 2.53. The molecule has 0 radical (unpaired) electrons. The van der Waals surface area contributed by atoms with Gasteiger partial charge in [-0.15, -0.1) is 0 Å². The molecule has 1 aromatic carbocycles. The smallest absolute Gasteiger partial charge is 0.316 e. The maximum absolute atomic E-state index is 11.4. The van der Waals surface area contributed by atoms with Gasteiger partial charge in [-0.1, -0.05) is 18.2 Å². The minimum Gasteiger partial charge on any atom is -0.363 e. The van der Waals surface area contributed by atoms with Crippen molar-refractivity contribution in [2.45, 2.75) is 31.6 Å². The van der Waals surface area contributed by atoms with Crippen molar-refractivity contribution >= 4 is 28.9 Å². The van der Waals surface area contributed by atoms with Gasteiger partial charge in [-0.05, 0) is 36.1 Å². The zero-order valence-electron chi connectivity index (χ0n) is 11.7. The van der Waals surface area contributed by atoms with E-state index >= 15 is 0 Å². The Morgan fingerprint density at radius 3 is 2.67 bits per heavy atom. The summed E-state index contributed by atoms with van der Waals surface area (Å²) >= 11 is 5.52. The molecule has 0 aliphatic carbocycles. The highest BCUT2D eigenvalue weighted by molar-refractivity contribution is 6.62. The molecule has 0 aromatic heterocycles. The molecule has 21 heavy (non-hydrogen) atoms. The normalized spacial score (nSPS) is 23.3. The second-order valence-electron chi connectivity index (χ2n) is 5.53. The molecular formula is C15H18ClN3O2. The van der Waals surface area contributed by atoms with Crippen molar-refractivity contribution < 1.29 is 9.59 Å². The number of fused-ring (bicyclic) bond motifs is 1. The number of anilines is 1. The Bertz CT molecular complexity index is 543. The number of halogens is 1. The number of amides is 1. The van der Waals surface area contributed by atoms with Gasteiger partial charge in [-0.25, -0.2) is 0 Å². The van der Waals surface area contributed by atoms with Gasteiger partial charge in [0.15, 0.2) is 6.29 Å². The van der Waals surface area contributed by atoms with Crippen molar-refractivity contribution in [2.24, 2.45) is 0 Å². The summed E-state index contributed by atoms with van der Waals surface area (Å²) in [5, 5.41) is 2.89. The molecule has 0 saturated carbocycles. The Hall–Kier alpha value is -1.59. The third-order valence-corrected chi connectivity index (χ3v) is 4.58. The van der Waals surface area contributed by atoms with Gasteiger partial charge in [0, 0.05) is 31.4 Å². The number of hydrogen-bond donors (Lipinski definition) is 1. The summed E-state index contributed by atoms with van der Waals surface area (Å²) in [7, 11) is 0. The molecule has 2 aliphatic rings. The number of benzene rings is 1. The lowest BCUT2D eigenvalue weighted by Gasteiger charge is -2.43. The summed E-state index contributed by atoms with van der Waals surface area (Å²) in [5.74, 6) is 0. The van der Waals surface area contributed by atoms with Crippen LogP contribution in [0.4, 0.5) is 10.5 Å². The molecule has 1 aromatic rings. The molecule has 1 amide bonds. The van der Waals surface area contributed by atoms with E-state index in [1.54, 1.807) is 4.90 Å². The van der Waals surface area contributed by atoms with Crippen LogP contribution >= 0.6 is 11.6 Å². The number of carbonyl (C=O) groups is 2. The van der Waals surface area contributed by atoms with E-state index in [9.17, 15) is 9.59 Å². The van der Waals surface area contributed by atoms with E-state index in [2.05, 4.69) is 16.3 Å². The van der Waals surface area contributed by atoms with Crippen molar-refractivity contribution in [1.82, 2.24) is 9.80 Å². The van der Waals surface area contributed by atoms with Crippen molar-refractivity contribution in [3.63, 3.8) is 0 Å². The Balaban J connectivity index is 1.73. The molecule has 112 valence electrons.